The molecule has 0 aliphatic rings. The maximum atomic E-state index is 5.80. The van der Waals surface area contributed by atoms with Gasteiger partial charge in [-0.25, -0.2) is 0 Å². The molecule has 0 spiro atoms. The lowest BCUT2D eigenvalue weighted by atomic mass is 10.2. The quantitative estimate of drug-likeness (QED) is 0.714. The number of hydrogen-bond donors (Lipinski definition) is 1. The van der Waals surface area contributed by atoms with E-state index in [1.807, 2.05) is 18.3 Å². The normalized spacial score (nSPS) is 11.3. The van der Waals surface area contributed by atoms with Gasteiger partial charge in [0.1, 0.15) is 12.4 Å². The van der Waals surface area contributed by atoms with Crippen molar-refractivity contribution in [2.75, 3.05) is 32.8 Å². The van der Waals surface area contributed by atoms with Crippen LogP contribution in [0.5, 0.6) is 5.75 Å². The van der Waals surface area contributed by atoms with Crippen molar-refractivity contribution in [3.63, 3.8) is 0 Å². The number of pyridine rings is 1. The molecular formula is C16H29N3O. The molecule has 0 amide bonds. The summed E-state index contributed by atoms with van der Waals surface area (Å²) in [4.78, 5) is 6.71. The fourth-order valence-corrected chi connectivity index (χ4v) is 1.96. The van der Waals surface area contributed by atoms with Crippen molar-refractivity contribution in [3.8, 4) is 5.75 Å². The molecule has 0 aromatic carbocycles. The second-order valence-electron chi connectivity index (χ2n) is 5.38. The Labute approximate surface area is 123 Å². The number of nitrogens with zero attached hydrogens (tertiary/aromatic N) is 2. The summed E-state index contributed by atoms with van der Waals surface area (Å²) >= 11 is 0. The van der Waals surface area contributed by atoms with Crippen LogP contribution in [0.4, 0.5) is 0 Å². The van der Waals surface area contributed by atoms with Crippen LogP contribution in [0.2, 0.25) is 0 Å². The van der Waals surface area contributed by atoms with Crippen LogP contribution in [0.15, 0.2) is 18.3 Å². The van der Waals surface area contributed by atoms with Crippen molar-refractivity contribution in [2.24, 2.45) is 5.92 Å². The van der Waals surface area contributed by atoms with E-state index in [0.717, 1.165) is 50.8 Å². The molecule has 1 heterocycles. The molecule has 0 atom stereocenters. The maximum Gasteiger partial charge on any atom is 0.122 e. The molecule has 1 rings (SSSR count). The number of nitrogens with one attached hydrogen (secondary N) is 1. The molecule has 0 fully saturated rings. The molecular weight excluding hydrogens is 250 g/mol. The van der Waals surface area contributed by atoms with E-state index < -0.39 is 0 Å². The molecule has 114 valence electrons. The number of aromatic nitrogens is 1. The summed E-state index contributed by atoms with van der Waals surface area (Å²) in [5, 5.41) is 3.39. The summed E-state index contributed by atoms with van der Waals surface area (Å²) in [6.45, 7) is 14.4. The fourth-order valence-electron chi connectivity index (χ4n) is 1.96. The molecule has 0 bridgehead atoms. The zero-order valence-corrected chi connectivity index (χ0v) is 13.4. The number of hydrogen-bond acceptors (Lipinski definition) is 4. The Bertz CT molecular complexity index is 364. The number of ether oxygens (including phenoxy) is 1. The first-order chi connectivity index (χ1) is 9.65. The lowest BCUT2D eigenvalue weighted by molar-refractivity contribution is 0.222. The Kier molecular flexibility index (Phi) is 8.23. The summed E-state index contributed by atoms with van der Waals surface area (Å²) < 4.78 is 5.80. The predicted molar refractivity (Wildman–Crippen MR) is 84.1 cm³/mol. The Morgan fingerprint density at radius 3 is 2.70 bits per heavy atom. The smallest absolute Gasteiger partial charge is 0.122 e. The van der Waals surface area contributed by atoms with Gasteiger partial charge in [0.15, 0.2) is 0 Å². The first-order valence-corrected chi connectivity index (χ1v) is 7.66. The van der Waals surface area contributed by atoms with Gasteiger partial charge in [0.05, 0.1) is 5.69 Å². The van der Waals surface area contributed by atoms with Gasteiger partial charge in [0, 0.05) is 25.4 Å². The van der Waals surface area contributed by atoms with Gasteiger partial charge in [-0.15, -0.1) is 0 Å². The first-order valence-electron chi connectivity index (χ1n) is 7.66. The number of likely N-dealkylation sites (N-methyl/N-ethyl adjacent to an activating group) is 1. The van der Waals surface area contributed by atoms with E-state index in [-0.39, 0.29) is 0 Å². The minimum Gasteiger partial charge on any atom is -0.492 e. The SMILES string of the molecule is CCN(CC)CCOc1ccnc(CNCC(C)C)c1. The molecule has 20 heavy (non-hydrogen) atoms. The largest absolute Gasteiger partial charge is 0.492 e. The standard InChI is InChI=1S/C16H29N3O/c1-5-19(6-2)9-10-20-16-7-8-18-15(11-16)13-17-12-14(3)4/h7-8,11,14,17H,5-6,9-10,12-13H2,1-4H3. The molecule has 1 aromatic rings. The van der Waals surface area contributed by atoms with Gasteiger partial charge in [-0.3, -0.25) is 4.98 Å². The molecule has 0 saturated carbocycles. The molecule has 0 unspecified atom stereocenters. The third-order valence-electron chi connectivity index (χ3n) is 3.22. The Hall–Kier alpha value is -1.13. The topological polar surface area (TPSA) is 37.4 Å². The van der Waals surface area contributed by atoms with E-state index in [1.54, 1.807) is 0 Å². The van der Waals surface area contributed by atoms with Crippen LogP contribution in [0.3, 0.4) is 0 Å². The summed E-state index contributed by atoms with van der Waals surface area (Å²) in [6.07, 6.45) is 1.82. The van der Waals surface area contributed by atoms with Gasteiger partial charge < -0.3 is 15.0 Å². The van der Waals surface area contributed by atoms with Crippen molar-refractivity contribution in [1.29, 1.82) is 0 Å². The lowest BCUT2D eigenvalue weighted by Crippen LogP contribution is -2.27. The highest BCUT2D eigenvalue weighted by atomic mass is 16.5. The molecule has 1 aromatic heterocycles. The maximum absolute atomic E-state index is 5.80. The van der Waals surface area contributed by atoms with Crippen LogP contribution in [0.25, 0.3) is 0 Å². The second-order valence-corrected chi connectivity index (χ2v) is 5.38. The van der Waals surface area contributed by atoms with Gasteiger partial charge >= 0.3 is 0 Å². The van der Waals surface area contributed by atoms with Crippen molar-refractivity contribution in [3.05, 3.63) is 24.0 Å². The van der Waals surface area contributed by atoms with Gasteiger partial charge in [-0.1, -0.05) is 27.7 Å². The molecule has 0 radical (unpaired) electrons. The van der Waals surface area contributed by atoms with Crippen molar-refractivity contribution in [1.82, 2.24) is 15.2 Å². The van der Waals surface area contributed by atoms with Crippen LogP contribution in [-0.2, 0) is 6.54 Å². The van der Waals surface area contributed by atoms with Gasteiger partial charge in [-0.2, -0.15) is 0 Å². The van der Waals surface area contributed by atoms with Crippen LogP contribution >= 0.6 is 0 Å². The van der Waals surface area contributed by atoms with Crippen LogP contribution < -0.4 is 10.1 Å². The summed E-state index contributed by atoms with van der Waals surface area (Å²) in [5.74, 6) is 1.57. The van der Waals surface area contributed by atoms with Crippen molar-refractivity contribution in [2.45, 2.75) is 34.2 Å². The average molecular weight is 279 g/mol. The van der Waals surface area contributed by atoms with Crippen molar-refractivity contribution >= 4 is 0 Å². The lowest BCUT2D eigenvalue weighted by Gasteiger charge is -2.18. The Balaban J connectivity index is 2.35. The molecule has 0 aliphatic carbocycles. The summed E-state index contributed by atoms with van der Waals surface area (Å²) in [5.41, 5.74) is 1.03. The predicted octanol–water partition coefficient (Wildman–Crippen LogP) is 2.55. The second kappa shape index (κ2) is 9.72. The minimum atomic E-state index is 0.656. The summed E-state index contributed by atoms with van der Waals surface area (Å²) in [7, 11) is 0. The Morgan fingerprint density at radius 2 is 2.05 bits per heavy atom. The highest BCUT2D eigenvalue weighted by molar-refractivity contribution is 5.22. The van der Waals surface area contributed by atoms with E-state index in [4.69, 9.17) is 4.74 Å². The van der Waals surface area contributed by atoms with Crippen LogP contribution in [0.1, 0.15) is 33.4 Å². The Morgan fingerprint density at radius 1 is 1.30 bits per heavy atom. The average Bonchev–Trinajstić information content (AvgIpc) is 2.44. The third-order valence-corrected chi connectivity index (χ3v) is 3.22. The third kappa shape index (κ3) is 6.87. The highest BCUT2D eigenvalue weighted by Gasteiger charge is 2.02. The van der Waals surface area contributed by atoms with Crippen molar-refractivity contribution < 1.29 is 4.74 Å². The number of rotatable bonds is 10. The van der Waals surface area contributed by atoms with E-state index in [1.165, 1.54) is 0 Å². The van der Waals surface area contributed by atoms with Gasteiger partial charge in [-0.05, 0) is 31.6 Å². The highest BCUT2D eigenvalue weighted by Crippen LogP contribution is 2.11. The molecule has 4 nitrogen and oxygen atoms in total. The van der Waals surface area contributed by atoms with E-state index >= 15 is 0 Å². The minimum absolute atomic E-state index is 0.656. The monoisotopic (exact) mass is 279 g/mol. The molecule has 1 N–H and O–H groups in total. The van der Waals surface area contributed by atoms with E-state index in [2.05, 4.69) is 42.9 Å². The van der Waals surface area contributed by atoms with Crippen LogP contribution in [-0.4, -0.2) is 42.7 Å². The van der Waals surface area contributed by atoms with E-state index in [9.17, 15) is 0 Å². The van der Waals surface area contributed by atoms with Gasteiger partial charge in [0.2, 0.25) is 0 Å². The van der Waals surface area contributed by atoms with Crippen LogP contribution in [0, 0.1) is 5.92 Å². The fraction of sp³-hybridized carbons (Fsp3) is 0.688. The van der Waals surface area contributed by atoms with Gasteiger partial charge in [0.25, 0.3) is 0 Å². The molecule has 0 aliphatic heterocycles. The molecule has 0 saturated heterocycles. The zero-order chi connectivity index (χ0) is 14.8. The molecule has 4 heteroatoms. The summed E-state index contributed by atoms with van der Waals surface area (Å²) in [6, 6.07) is 3.95. The zero-order valence-electron chi connectivity index (χ0n) is 13.4. The first kappa shape index (κ1) is 16.9. The van der Waals surface area contributed by atoms with E-state index in [0.29, 0.717) is 5.92 Å².